The van der Waals surface area contributed by atoms with Gasteiger partial charge in [0.05, 0.1) is 18.6 Å². The number of sulfone groups is 1. The SMILES string of the molecule is COc1cc(CN2CCS(=O)(=O)CC2C)ccc1O. The molecule has 1 unspecified atom stereocenters. The van der Waals surface area contributed by atoms with E-state index in [4.69, 9.17) is 4.74 Å². The molecule has 1 aliphatic rings. The van der Waals surface area contributed by atoms with Crippen molar-refractivity contribution in [1.29, 1.82) is 0 Å². The molecule has 6 heteroatoms. The van der Waals surface area contributed by atoms with Crippen LogP contribution in [0.2, 0.25) is 0 Å². The van der Waals surface area contributed by atoms with Crippen LogP contribution in [0.4, 0.5) is 0 Å². The molecule has 1 fully saturated rings. The maximum atomic E-state index is 11.5. The van der Waals surface area contributed by atoms with Crippen LogP contribution in [0, 0.1) is 0 Å². The first kappa shape index (κ1) is 14.1. The summed E-state index contributed by atoms with van der Waals surface area (Å²) < 4.78 is 28.1. The zero-order chi connectivity index (χ0) is 14.0. The van der Waals surface area contributed by atoms with Crippen LogP contribution in [0.25, 0.3) is 0 Å². The fraction of sp³-hybridized carbons (Fsp3) is 0.538. The molecule has 1 aromatic carbocycles. The first-order chi connectivity index (χ1) is 8.91. The van der Waals surface area contributed by atoms with Gasteiger partial charge in [0.15, 0.2) is 21.3 Å². The van der Waals surface area contributed by atoms with Crippen molar-refractivity contribution in [1.82, 2.24) is 4.90 Å². The highest BCUT2D eigenvalue weighted by Crippen LogP contribution is 2.27. The minimum absolute atomic E-state index is 0.0125. The highest BCUT2D eigenvalue weighted by atomic mass is 32.2. The highest BCUT2D eigenvalue weighted by molar-refractivity contribution is 7.91. The quantitative estimate of drug-likeness (QED) is 0.898. The Morgan fingerprint density at radius 2 is 2.21 bits per heavy atom. The second-order valence-corrected chi connectivity index (χ2v) is 7.17. The number of methoxy groups -OCH3 is 1. The lowest BCUT2D eigenvalue weighted by Crippen LogP contribution is -2.46. The number of phenolic OH excluding ortho intramolecular Hbond substituents is 1. The Morgan fingerprint density at radius 3 is 2.84 bits per heavy atom. The van der Waals surface area contributed by atoms with Crippen LogP contribution in [0.3, 0.4) is 0 Å². The summed E-state index contributed by atoms with van der Waals surface area (Å²) in [5.74, 6) is 0.977. The summed E-state index contributed by atoms with van der Waals surface area (Å²) in [5.41, 5.74) is 1.00. The van der Waals surface area contributed by atoms with Crippen molar-refractivity contribution in [3.05, 3.63) is 23.8 Å². The summed E-state index contributed by atoms with van der Waals surface area (Å²) in [6.07, 6.45) is 0. The molecule has 1 aliphatic heterocycles. The van der Waals surface area contributed by atoms with Crippen LogP contribution in [0.1, 0.15) is 12.5 Å². The summed E-state index contributed by atoms with van der Waals surface area (Å²) in [5, 5.41) is 9.54. The minimum atomic E-state index is -2.88. The van der Waals surface area contributed by atoms with Crippen LogP contribution in [0.15, 0.2) is 18.2 Å². The topological polar surface area (TPSA) is 66.8 Å². The molecule has 0 saturated carbocycles. The Labute approximate surface area is 113 Å². The molecule has 2 rings (SSSR count). The van der Waals surface area contributed by atoms with E-state index in [9.17, 15) is 13.5 Å². The van der Waals surface area contributed by atoms with E-state index in [0.717, 1.165) is 5.56 Å². The number of benzene rings is 1. The van der Waals surface area contributed by atoms with Gasteiger partial charge in [0.1, 0.15) is 0 Å². The molecular weight excluding hydrogens is 266 g/mol. The number of ether oxygens (including phenoxy) is 1. The van der Waals surface area contributed by atoms with E-state index in [1.165, 1.54) is 7.11 Å². The molecule has 19 heavy (non-hydrogen) atoms. The monoisotopic (exact) mass is 285 g/mol. The van der Waals surface area contributed by atoms with Crippen molar-refractivity contribution in [2.75, 3.05) is 25.2 Å². The second kappa shape index (κ2) is 5.38. The standard InChI is InChI=1S/C13H19NO4S/c1-10-9-19(16,17)6-5-14(10)8-11-3-4-12(15)13(7-11)18-2/h3-4,7,10,15H,5-6,8-9H2,1-2H3. The van der Waals surface area contributed by atoms with Crippen molar-refractivity contribution in [2.45, 2.75) is 19.5 Å². The second-order valence-electron chi connectivity index (χ2n) is 4.94. The van der Waals surface area contributed by atoms with E-state index >= 15 is 0 Å². The molecule has 1 heterocycles. The zero-order valence-electron chi connectivity index (χ0n) is 11.2. The molecule has 0 bridgehead atoms. The maximum absolute atomic E-state index is 11.5. The zero-order valence-corrected chi connectivity index (χ0v) is 12.0. The Hall–Kier alpha value is -1.27. The Bertz CT molecular complexity index is 556. The third-order valence-electron chi connectivity index (χ3n) is 3.44. The van der Waals surface area contributed by atoms with E-state index in [-0.39, 0.29) is 23.3 Å². The van der Waals surface area contributed by atoms with Crippen LogP contribution in [-0.2, 0) is 16.4 Å². The number of phenols is 1. The smallest absolute Gasteiger partial charge is 0.160 e. The van der Waals surface area contributed by atoms with Crippen molar-refractivity contribution in [3.63, 3.8) is 0 Å². The van der Waals surface area contributed by atoms with E-state index in [1.807, 2.05) is 13.0 Å². The first-order valence-corrected chi connectivity index (χ1v) is 8.04. The van der Waals surface area contributed by atoms with Gasteiger partial charge in [-0.3, -0.25) is 4.90 Å². The third kappa shape index (κ3) is 3.39. The molecule has 5 nitrogen and oxygen atoms in total. The van der Waals surface area contributed by atoms with Gasteiger partial charge < -0.3 is 9.84 Å². The van der Waals surface area contributed by atoms with Gasteiger partial charge in [-0.25, -0.2) is 8.42 Å². The van der Waals surface area contributed by atoms with Crippen molar-refractivity contribution in [3.8, 4) is 11.5 Å². The number of nitrogens with zero attached hydrogens (tertiary/aromatic N) is 1. The molecule has 1 saturated heterocycles. The number of hydrogen-bond donors (Lipinski definition) is 1. The molecule has 1 N–H and O–H groups in total. The van der Waals surface area contributed by atoms with Gasteiger partial charge in [0.25, 0.3) is 0 Å². The van der Waals surface area contributed by atoms with Crippen LogP contribution < -0.4 is 4.74 Å². The van der Waals surface area contributed by atoms with Crippen LogP contribution in [-0.4, -0.2) is 49.6 Å². The van der Waals surface area contributed by atoms with Gasteiger partial charge in [0, 0.05) is 19.1 Å². The Balaban J connectivity index is 2.09. The fourth-order valence-corrected chi connectivity index (χ4v) is 3.95. The van der Waals surface area contributed by atoms with Crippen LogP contribution in [0.5, 0.6) is 11.5 Å². The summed E-state index contributed by atoms with van der Waals surface area (Å²) in [6.45, 7) is 3.13. The fourth-order valence-electron chi connectivity index (χ4n) is 2.32. The highest BCUT2D eigenvalue weighted by Gasteiger charge is 2.27. The van der Waals surface area contributed by atoms with E-state index in [0.29, 0.717) is 18.8 Å². The number of aromatic hydroxyl groups is 1. The van der Waals surface area contributed by atoms with Gasteiger partial charge in [0.2, 0.25) is 0 Å². The molecule has 1 aromatic rings. The molecule has 0 aromatic heterocycles. The van der Waals surface area contributed by atoms with Crippen molar-refractivity contribution >= 4 is 9.84 Å². The van der Waals surface area contributed by atoms with E-state index in [1.54, 1.807) is 12.1 Å². The number of rotatable bonds is 3. The van der Waals surface area contributed by atoms with Crippen molar-refractivity contribution in [2.24, 2.45) is 0 Å². The summed E-state index contributed by atoms with van der Waals surface area (Å²) in [6, 6.07) is 5.22. The van der Waals surface area contributed by atoms with Gasteiger partial charge in [-0.2, -0.15) is 0 Å². The van der Waals surface area contributed by atoms with Gasteiger partial charge in [-0.1, -0.05) is 6.07 Å². The largest absolute Gasteiger partial charge is 0.504 e. The van der Waals surface area contributed by atoms with E-state index in [2.05, 4.69) is 4.90 Å². The van der Waals surface area contributed by atoms with Gasteiger partial charge in [-0.05, 0) is 24.6 Å². The predicted octanol–water partition coefficient (Wildman–Crippen LogP) is 1.02. The van der Waals surface area contributed by atoms with Gasteiger partial charge >= 0.3 is 0 Å². The molecule has 106 valence electrons. The normalized spacial score (nSPS) is 23.2. The lowest BCUT2D eigenvalue weighted by atomic mass is 10.1. The number of hydrogen-bond acceptors (Lipinski definition) is 5. The molecule has 0 aliphatic carbocycles. The Morgan fingerprint density at radius 1 is 1.47 bits per heavy atom. The molecule has 0 radical (unpaired) electrons. The molecular formula is C13H19NO4S. The Kier molecular flexibility index (Phi) is 4.01. The summed E-state index contributed by atoms with van der Waals surface area (Å²) >= 11 is 0. The maximum Gasteiger partial charge on any atom is 0.160 e. The summed E-state index contributed by atoms with van der Waals surface area (Å²) in [4.78, 5) is 2.13. The van der Waals surface area contributed by atoms with Crippen LogP contribution >= 0.6 is 0 Å². The van der Waals surface area contributed by atoms with Crippen molar-refractivity contribution < 1.29 is 18.3 Å². The summed E-state index contributed by atoms with van der Waals surface area (Å²) in [7, 11) is -1.37. The molecule has 0 spiro atoms. The lowest BCUT2D eigenvalue weighted by Gasteiger charge is -2.33. The average Bonchev–Trinajstić information content (AvgIpc) is 2.34. The molecule has 1 atom stereocenters. The predicted molar refractivity (Wildman–Crippen MR) is 73.2 cm³/mol. The minimum Gasteiger partial charge on any atom is -0.504 e. The molecule has 0 amide bonds. The lowest BCUT2D eigenvalue weighted by molar-refractivity contribution is 0.217. The first-order valence-electron chi connectivity index (χ1n) is 6.21. The van der Waals surface area contributed by atoms with Gasteiger partial charge in [-0.15, -0.1) is 0 Å². The van der Waals surface area contributed by atoms with E-state index < -0.39 is 9.84 Å². The third-order valence-corrected chi connectivity index (χ3v) is 5.23. The average molecular weight is 285 g/mol.